The van der Waals surface area contributed by atoms with E-state index in [-0.39, 0.29) is 0 Å². The van der Waals surface area contributed by atoms with Crippen LogP contribution < -0.4 is 4.74 Å². The smallest absolute Gasteiger partial charge is 0.131 e. The van der Waals surface area contributed by atoms with Gasteiger partial charge in [0.2, 0.25) is 0 Å². The Balaban J connectivity index is 1.78. The number of pyridine rings is 1. The molecule has 2 nitrogen and oxygen atoms in total. The zero-order valence-corrected chi connectivity index (χ0v) is 19.6. The van der Waals surface area contributed by atoms with Crippen LogP contribution in [0.15, 0.2) is 30.9 Å². The first-order valence-corrected chi connectivity index (χ1v) is 11.9. The van der Waals surface area contributed by atoms with Crippen molar-refractivity contribution in [3.63, 3.8) is 0 Å². The van der Waals surface area contributed by atoms with E-state index in [0.717, 1.165) is 30.0 Å². The largest absolute Gasteiger partial charge is 0.493 e. The number of nitrogens with zero attached hydrogens (tertiary/aromatic N) is 1. The molecule has 2 rings (SSSR count). The summed E-state index contributed by atoms with van der Waals surface area (Å²) in [5.74, 6) is 0.942. The van der Waals surface area contributed by atoms with Gasteiger partial charge >= 0.3 is 0 Å². The molecular weight excluding hydrogens is 374 g/mol. The second kappa shape index (κ2) is 12.8. The predicted octanol–water partition coefficient (Wildman–Crippen LogP) is 8.47. The molecule has 1 aromatic heterocycles. The molecule has 0 aliphatic carbocycles. The maximum Gasteiger partial charge on any atom is 0.131 e. The highest BCUT2D eigenvalue weighted by atomic mass is 32.1. The Hall–Kier alpha value is -1.61. The lowest BCUT2D eigenvalue weighted by Crippen LogP contribution is -2.04. The highest BCUT2D eigenvalue weighted by Gasteiger charge is 2.09. The van der Waals surface area contributed by atoms with Gasteiger partial charge < -0.3 is 9.30 Å². The van der Waals surface area contributed by atoms with E-state index < -0.39 is 0 Å². The second-order valence-electron chi connectivity index (χ2n) is 8.15. The van der Waals surface area contributed by atoms with Crippen molar-refractivity contribution in [2.45, 2.75) is 91.5 Å². The number of ether oxygens (including phenoxy) is 1. The SMILES string of the molecule is C=CCCCCCCCCCCCOc1cc(=S)n(CC)c2cc(C)c(C)cc12. The van der Waals surface area contributed by atoms with E-state index in [1.165, 1.54) is 79.8 Å². The maximum atomic E-state index is 6.19. The Bertz CT molecular complexity index is 837. The van der Waals surface area contributed by atoms with Gasteiger partial charge in [0.05, 0.1) is 12.1 Å². The summed E-state index contributed by atoms with van der Waals surface area (Å²) < 4.78 is 9.24. The average molecular weight is 414 g/mol. The summed E-state index contributed by atoms with van der Waals surface area (Å²) in [5.41, 5.74) is 3.78. The molecule has 0 bridgehead atoms. The Kier molecular flexibility index (Phi) is 10.5. The molecular formula is C26H39NOS. The highest BCUT2D eigenvalue weighted by molar-refractivity contribution is 7.71. The van der Waals surface area contributed by atoms with Crippen LogP contribution in [0.2, 0.25) is 0 Å². The lowest BCUT2D eigenvalue weighted by atomic mass is 10.1. The van der Waals surface area contributed by atoms with E-state index in [2.05, 4.69) is 44.0 Å². The summed E-state index contributed by atoms with van der Waals surface area (Å²) in [5, 5.41) is 1.18. The van der Waals surface area contributed by atoms with Crippen molar-refractivity contribution in [2.75, 3.05) is 6.61 Å². The minimum atomic E-state index is 0.772. The summed E-state index contributed by atoms with van der Waals surface area (Å²) in [4.78, 5) is 0. The van der Waals surface area contributed by atoms with Gasteiger partial charge in [-0.2, -0.15) is 0 Å². The third-order valence-electron chi connectivity index (χ3n) is 5.82. The van der Waals surface area contributed by atoms with E-state index >= 15 is 0 Å². The third-order valence-corrected chi connectivity index (χ3v) is 6.15. The number of fused-ring (bicyclic) bond motifs is 1. The van der Waals surface area contributed by atoms with Crippen molar-refractivity contribution in [2.24, 2.45) is 0 Å². The molecule has 0 saturated heterocycles. The molecule has 0 atom stereocenters. The molecule has 0 fully saturated rings. The van der Waals surface area contributed by atoms with Gasteiger partial charge in [-0.05, 0) is 63.3 Å². The minimum absolute atomic E-state index is 0.772. The van der Waals surface area contributed by atoms with Crippen LogP contribution >= 0.6 is 12.2 Å². The summed E-state index contributed by atoms with van der Waals surface area (Å²) in [6, 6.07) is 6.52. The maximum absolute atomic E-state index is 6.19. The van der Waals surface area contributed by atoms with E-state index in [9.17, 15) is 0 Å². The van der Waals surface area contributed by atoms with E-state index in [1.54, 1.807) is 0 Å². The quantitative estimate of drug-likeness (QED) is 0.175. The summed E-state index contributed by atoms with van der Waals surface area (Å²) in [6.45, 7) is 11.9. The van der Waals surface area contributed by atoms with Gasteiger partial charge in [0.15, 0.2) is 0 Å². The Morgan fingerprint density at radius 1 is 0.897 bits per heavy atom. The van der Waals surface area contributed by atoms with Crippen molar-refractivity contribution < 1.29 is 4.74 Å². The fraction of sp³-hybridized carbons (Fsp3) is 0.577. The van der Waals surface area contributed by atoms with Gasteiger partial charge in [-0.1, -0.05) is 63.2 Å². The molecule has 0 N–H and O–H groups in total. The van der Waals surface area contributed by atoms with Crippen LogP contribution in [0.3, 0.4) is 0 Å². The van der Waals surface area contributed by atoms with Crippen LogP contribution in [0.4, 0.5) is 0 Å². The minimum Gasteiger partial charge on any atom is -0.493 e. The van der Waals surface area contributed by atoms with Crippen molar-refractivity contribution in [3.8, 4) is 5.75 Å². The highest BCUT2D eigenvalue weighted by Crippen LogP contribution is 2.29. The fourth-order valence-electron chi connectivity index (χ4n) is 3.86. The first-order chi connectivity index (χ1) is 14.1. The predicted molar refractivity (Wildman–Crippen MR) is 130 cm³/mol. The van der Waals surface area contributed by atoms with E-state index in [1.807, 2.05) is 12.1 Å². The van der Waals surface area contributed by atoms with Gasteiger partial charge in [-0.3, -0.25) is 0 Å². The molecule has 1 aromatic carbocycles. The van der Waals surface area contributed by atoms with Crippen molar-refractivity contribution in [1.29, 1.82) is 0 Å². The summed E-state index contributed by atoms with van der Waals surface area (Å²) in [7, 11) is 0. The zero-order valence-electron chi connectivity index (χ0n) is 18.8. The first-order valence-electron chi connectivity index (χ1n) is 11.5. The first kappa shape index (κ1) is 23.7. The van der Waals surface area contributed by atoms with Crippen molar-refractivity contribution in [1.82, 2.24) is 4.57 Å². The molecule has 0 aliphatic heterocycles. The molecule has 160 valence electrons. The van der Waals surface area contributed by atoms with Crippen molar-refractivity contribution >= 4 is 23.1 Å². The molecule has 0 saturated carbocycles. The number of allylic oxidation sites excluding steroid dienone is 1. The molecule has 0 aliphatic rings. The number of benzene rings is 1. The van der Waals surface area contributed by atoms with Crippen LogP contribution in [0.5, 0.6) is 5.75 Å². The van der Waals surface area contributed by atoms with E-state index in [0.29, 0.717) is 0 Å². The molecule has 29 heavy (non-hydrogen) atoms. The number of aromatic nitrogens is 1. The molecule has 3 heteroatoms. The monoisotopic (exact) mass is 413 g/mol. The van der Waals surface area contributed by atoms with Crippen molar-refractivity contribution in [3.05, 3.63) is 46.6 Å². The van der Waals surface area contributed by atoms with Crippen LogP contribution in [-0.4, -0.2) is 11.2 Å². The number of hydrogen-bond donors (Lipinski definition) is 0. The Morgan fingerprint density at radius 3 is 2.10 bits per heavy atom. The van der Waals surface area contributed by atoms with Gasteiger partial charge in [-0.15, -0.1) is 6.58 Å². The summed E-state index contributed by atoms with van der Waals surface area (Å²) in [6.07, 6.45) is 15.0. The molecule has 0 unspecified atom stereocenters. The standard InChI is InChI=1S/C26H39NOS/c1-5-7-8-9-10-11-12-13-14-15-16-17-28-25-20-26(29)27(6-2)24-19-22(4)21(3)18-23(24)25/h5,18-20H,1,6-17H2,2-4H3. The topological polar surface area (TPSA) is 14.2 Å². The van der Waals surface area contributed by atoms with Gasteiger partial charge in [0.1, 0.15) is 10.4 Å². The molecule has 0 amide bonds. The number of unbranched alkanes of at least 4 members (excludes halogenated alkanes) is 9. The normalized spacial score (nSPS) is 11.1. The van der Waals surface area contributed by atoms with E-state index in [4.69, 9.17) is 17.0 Å². The van der Waals surface area contributed by atoms with Gasteiger partial charge in [0.25, 0.3) is 0 Å². The summed E-state index contributed by atoms with van der Waals surface area (Å²) >= 11 is 5.61. The van der Waals surface area contributed by atoms with Gasteiger partial charge in [-0.25, -0.2) is 0 Å². The third kappa shape index (κ3) is 7.29. The van der Waals surface area contributed by atoms with Crippen LogP contribution in [-0.2, 0) is 6.54 Å². The Labute approximate surface area is 183 Å². The molecule has 1 heterocycles. The van der Waals surface area contributed by atoms with Crippen LogP contribution in [0.25, 0.3) is 10.9 Å². The molecule has 0 spiro atoms. The molecule has 2 aromatic rings. The lowest BCUT2D eigenvalue weighted by molar-refractivity contribution is 0.307. The number of hydrogen-bond acceptors (Lipinski definition) is 2. The second-order valence-corrected chi connectivity index (χ2v) is 8.57. The van der Waals surface area contributed by atoms with Crippen LogP contribution in [0, 0.1) is 18.5 Å². The average Bonchev–Trinajstić information content (AvgIpc) is 2.70. The molecule has 0 radical (unpaired) electrons. The van der Waals surface area contributed by atoms with Crippen LogP contribution in [0.1, 0.15) is 82.3 Å². The lowest BCUT2D eigenvalue weighted by Gasteiger charge is -2.16. The zero-order chi connectivity index (χ0) is 21.1. The van der Waals surface area contributed by atoms with Gasteiger partial charge in [0, 0.05) is 18.0 Å². The Morgan fingerprint density at radius 2 is 1.48 bits per heavy atom. The number of rotatable bonds is 14. The number of aryl methyl sites for hydroxylation is 3. The fourth-order valence-corrected chi connectivity index (χ4v) is 4.20.